The van der Waals surface area contributed by atoms with E-state index in [0.717, 1.165) is 43.7 Å². The number of aryl methyl sites for hydroxylation is 1. The first-order chi connectivity index (χ1) is 16.7. The zero-order chi connectivity index (χ0) is 28.4. The number of ether oxygens (including phenoxy) is 1. The highest BCUT2D eigenvalue weighted by molar-refractivity contribution is 5.94. The quantitative estimate of drug-likeness (QED) is 0.222. The van der Waals surface area contributed by atoms with Crippen LogP contribution < -0.4 is 0 Å². The molecule has 0 spiro atoms. The normalized spacial score (nSPS) is 12.8. The summed E-state index contributed by atoms with van der Waals surface area (Å²) in [6.07, 6.45) is 12.2. The molecule has 1 aromatic heterocycles. The van der Waals surface area contributed by atoms with Gasteiger partial charge in [-0.25, -0.2) is 4.98 Å². The second-order valence-corrected chi connectivity index (χ2v) is 11.9. The Kier molecular flexibility index (Phi) is 19.9. The van der Waals surface area contributed by atoms with Gasteiger partial charge in [0.05, 0.1) is 29.8 Å². The van der Waals surface area contributed by atoms with Gasteiger partial charge in [0.1, 0.15) is 5.69 Å². The number of Topliss-reactive ketones (excluding diaryl/α,β-unsaturated/α-hetero) is 1. The van der Waals surface area contributed by atoms with E-state index in [9.17, 15) is 4.79 Å². The van der Waals surface area contributed by atoms with E-state index in [2.05, 4.69) is 99.1 Å². The molecular formula is C32H60N2O2. The molecule has 210 valence electrons. The SMILES string of the molecule is CCC.CCC(CCCCC(=O)c1cnc(/C=C(\C)C(C)(C)C)c(C)n1)COC(C)(C)C.CCCC. The largest absolute Gasteiger partial charge is 0.376 e. The highest BCUT2D eigenvalue weighted by atomic mass is 16.5. The van der Waals surface area contributed by atoms with Crippen molar-refractivity contribution in [3.05, 3.63) is 28.9 Å². The summed E-state index contributed by atoms with van der Waals surface area (Å²) in [5, 5.41) is 0. The van der Waals surface area contributed by atoms with Crippen LogP contribution in [-0.2, 0) is 4.74 Å². The van der Waals surface area contributed by atoms with Crippen LogP contribution in [0.15, 0.2) is 11.8 Å². The lowest BCUT2D eigenvalue weighted by atomic mass is 9.87. The molecule has 1 heterocycles. The molecule has 0 radical (unpaired) electrons. The summed E-state index contributed by atoms with van der Waals surface area (Å²) < 4.78 is 5.91. The highest BCUT2D eigenvalue weighted by Crippen LogP contribution is 2.26. The number of unbranched alkanes of at least 4 members (excludes halogenated alkanes) is 2. The van der Waals surface area contributed by atoms with E-state index in [0.29, 0.717) is 18.0 Å². The summed E-state index contributed by atoms with van der Waals surface area (Å²) in [4.78, 5) is 21.5. The molecule has 36 heavy (non-hydrogen) atoms. The van der Waals surface area contributed by atoms with Crippen molar-refractivity contribution in [1.29, 1.82) is 0 Å². The molecule has 4 nitrogen and oxygen atoms in total. The number of hydrogen-bond acceptors (Lipinski definition) is 4. The molecule has 0 fully saturated rings. The van der Waals surface area contributed by atoms with Crippen LogP contribution >= 0.6 is 0 Å². The fraction of sp³-hybridized carbons (Fsp3) is 0.781. The van der Waals surface area contributed by atoms with Crippen LogP contribution in [-0.4, -0.2) is 28.0 Å². The highest BCUT2D eigenvalue weighted by Gasteiger charge is 2.16. The minimum atomic E-state index is -0.0906. The minimum absolute atomic E-state index is 0.0858. The van der Waals surface area contributed by atoms with E-state index in [-0.39, 0.29) is 16.8 Å². The Bertz CT molecular complexity index is 738. The third-order valence-electron chi connectivity index (χ3n) is 5.90. The zero-order valence-corrected chi connectivity index (χ0v) is 26.3. The maximum atomic E-state index is 12.5. The van der Waals surface area contributed by atoms with Crippen LogP contribution in [0.25, 0.3) is 6.08 Å². The lowest BCUT2D eigenvalue weighted by molar-refractivity contribution is -0.0243. The number of ketones is 1. The van der Waals surface area contributed by atoms with E-state index >= 15 is 0 Å². The summed E-state index contributed by atoms with van der Waals surface area (Å²) in [7, 11) is 0. The predicted molar refractivity (Wildman–Crippen MR) is 159 cm³/mol. The molecule has 0 aromatic carbocycles. The molecule has 1 unspecified atom stereocenters. The van der Waals surface area contributed by atoms with Crippen LogP contribution in [0.5, 0.6) is 0 Å². The van der Waals surface area contributed by atoms with E-state index in [1.807, 2.05) is 6.92 Å². The summed E-state index contributed by atoms with van der Waals surface area (Å²) in [6, 6.07) is 0. The maximum Gasteiger partial charge on any atom is 0.182 e. The molecule has 1 aromatic rings. The fourth-order valence-electron chi connectivity index (χ4n) is 2.81. The first-order valence-electron chi connectivity index (χ1n) is 14.4. The average Bonchev–Trinajstić information content (AvgIpc) is 2.79. The van der Waals surface area contributed by atoms with Gasteiger partial charge in [0, 0.05) is 6.42 Å². The van der Waals surface area contributed by atoms with Gasteiger partial charge in [-0.05, 0) is 64.9 Å². The number of hydrogen-bond donors (Lipinski definition) is 0. The molecule has 0 bridgehead atoms. The molecule has 0 saturated heterocycles. The molecule has 4 heteroatoms. The van der Waals surface area contributed by atoms with E-state index in [4.69, 9.17) is 4.74 Å². The molecule has 0 aliphatic carbocycles. The molecule has 0 amide bonds. The molecule has 1 atom stereocenters. The van der Waals surface area contributed by atoms with E-state index < -0.39 is 0 Å². The minimum Gasteiger partial charge on any atom is -0.376 e. The number of carbonyl (C=O) groups is 1. The second kappa shape index (κ2) is 19.5. The van der Waals surface area contributed by atoms with Gasteiger partial charge in [0.15, 0.2) is 5.78 Å². The lowest BCUT2D eigenvalue weighted by Crippen LogP contribution is -2.23. The van der Waals surface area contributed by atoms with Crippen molar-refractivity contribution >= 4 is 11.9 Å². The van der Waals surface area contributed by atoms with Gasteiger partial charge in [-0.1, -0.05) is 93.1 Å². The monoisotopic (exact) mass is 504 g/mol. The van der Waals surface area contributed by atoms with E-state index in [1.165, 1.54) is 24.8 Å². The van der Waals surface area contributed by atoms with Crippen LogP contribution in [0.3, 0.4) is 0 Å². The van der Waals surface area contributed by atoms with Crippen molar-refractivity contribution in [2.45, 2.75) is 147 Å². The van der Waals surface area contributed by atoms with Gasteiger partial charge in [0.25, 0.3) is 0 Å². The smallest absolute Gasteiger partial charge is 0.182 e. The summed E-state index contributed by atoms with van der Waals surface area (Å²) >= 11 is 0. The van der Waals surface area contributed by atoms with Crippen LogP contribution in [0, 0.1) is 18.3 Å². The van der Waals surface area contributed by atoms with E-state index in [1.54, 1.807) is 6.20 Å². The van der Waals surface area contributed by atoms with Gasteiger partial charge in [-0.3, -0.25) is 9.78 Å². The van der Waals surface area contributed by atoms with Crippen molar-refractivity contribution in [3.8, 4) is 0 Å². The number of allylic oxidation sites excluding steroid dienone is 1. The molecule has 0 saturated carbocycles. The number of carbonyl (C=O) groups excluding carboxylic acids is 1. The van der Waals surface area contributed by atoms with Crippen molar-refractivity contribution < 1.29 is 9.53 Å². The third-order valence-corrected chi connectivity index (χ3v) is 5.90. The first-order valence-corrected chi connectivity index (χ1v) is 14.4. The first kappa shape index (κ1) is 36.6. The zero-order valence-electron chi connectivity index (χ0n) is 26.3. The molecule has 0 N–H and O–H groups in total. The predicted octanol–water partition coefficient (Wildman–Crippen LogP) is 10.0. The van der Waals surface area contributed by atoms with Gasteiger partial charge >= 0.3 is 0 Å². The Morgan fingerprint density at radius 1 is 1.00 bits per heavy atom. The van der Waals surface area contributed by atoms with Gasteiger partial charge in [-0.15, -0.1) is 0 Å². The number of rotatable bonds is 11. The Hall–Kier alpha value is -1.55. The molecule has 0 aliphatic rings. The van der Waals surface area contributed by atoms with Crippen molar-refractivity contribution in [2.24, 2.45) is 11.3 Å². The van der Waals surface area contributed by atoms with Crippen molar-refractivity contribution in [2.75, 3.05) is 6.61 Å². The van der Waals surface area contributed by atoms with Crippen LogP contribution in [0.4, 0.5) is 0 Å². The summed E-state index contributed by atoms with van der Waals surface area (Å²) in [5.74, 6) is 0.645. The summed E-state index contributed by atoms with van der Waals surface area (Å²) in [5.41, 5.74) is 3.39. The van der Waals surface area contributed by atoms with Gasteiger partial charge in [-0.2, -0.15) is 0 Å². The van der Waals surface area contributed by atoms with Crippen LogP contribution in [0.1, 0.15) is 156 Å². The second-order valence-electron chi connectivity index (χ2n) is 11.9. The van der Waals surface area contributed by atoms with Crippen LogP contribution in [0.2, 0.25) is 0 Å². The van der Waals surface area contributed by atoms with Gasteiger partial charge in [0.2, 0.25) is 0 Å². The Balaban J connectivity index is 0. The average molecular weight is 505 g/mol. The van der Waals surface area contributed by atoms with Gasteiger partial charge < -0.3 is 4.74 Å². The molecule has 0 aliphatic heterocycles. The summed E-state index contributed by atoms with van der Waals surface area (Å²) in [6.45, 7) is 28.4. The lowest BCUT2D eigenvalue weighted by Gasteiger charge is -2.23. The number of nitrogens with zero attached hydrogens (tertiary/aromatic N) is 2. The maximum absolute atomic E-state index is 12.5. The van der Waals surface area contributed by atoms with Crippen molar-refractivity contribution in [3.63, 3.8) is 0 Å². The molecular weight excluding hydrogens is 444 g/mol. The number of aromatic nitrogens is 2. The molecule has 1 rings (SSSR count). The van der Waals surface area contributed by atoms with Crippen molar-refractivity contribution in [1.82, 2.24) is 9.97 Å². The Morgan fingerprint density at radius 3 is 1.97 bits per heavy atom. The standard InChI is InChI=1S/C25H42N2O2.C4H10.C3H8/c1-10-20(17-29-25(7,8)9)13-11-12-14-23(28)22-16-26-21(19(3)27-22)15-18(2)24(4,5)6;1-3-4-2;1-3-2/h15-16,20H,10-14,17H2,1-9H3;3-4H2,1-2H3;3H2,1-2H3/b18-15+;;. The third kappa shape index (κ3) is 18.7. The Morgan fingerprint density at radius 2 is 1.56 bits per heavy atom. The fourth-order valence-corrected chi connectivity index (χ4v) is 2.81. The topological polar surface area (TPSA) is 52.1 Å². The Labute approximate surface area is 225 Å².